The topological polar surface area (TPSA) is 82.2 Å². The fourth-order valence-electron chi connectivity index (χ4n) is 5.05. The fraction of sp³-hybridized carbons (Fsp3) is 0.281. The van der Waals surface area contributed by atoms with E-state index in [-0.39, 0.29) is 0 Å². The fourth-order valence-corrected chi connectivity index (χ4v) is 5.05. The molecular formula is C32H35N7O. The van der Waals surface area contributed by atoms with E-state index in [1.807, 2.05) is 24.3 Å². The van der Waals surface area contributed by atoms with E-state index in [0.29, 0.717) is 12.6 Å². The van der Waals surface area contributed by atoms with Crippen LogP contribution in [-0.2, 0) is 6.54 Å². The first-order chi connectivity index (χ1) is 19.7. The number of rotatable bonds is 9. The number of likely N-dealkylation sites (N-methyl/N-ethyl adjacent to an activating group) is 1. The predicted molar refractivity (Wildman–Crippen MR) is 160 cm³/mol. The van der Waals surface area contributed by atoms with Crippen molar-refractivity contribution >= 4 is 11.6 Å². The SMILES string of the molecule is CN1CCN(Cc2ccc(Nc3nccc(-c4cn[nH]c4-c4cccc(OCC5=CC=CCC5)c4)n3)cc2)CC1. The van der Waals surface area contributed by atoms with E-state index in [2.05, 4.69) is 85.9 Å². The van der Waals surface area contributed by atoms with Crippen molar-refractivity contribution in [1.29, 1.82) is 0 Å². The maximum atomic E-state index is 6.09. The van der Waals surface area contributed by atoms with E-state index < -0.39 is 0 Å². The summed E-state index contributed by atoms with van der Waals surface area (Å²) < 4.78 is 6.09. The number of anilines is 2. The molecule has 8 nitrogen and oxygen atoms in total. The van der Waals surface area contributed by atoms with Gasteiger partial charge in [-0.3, -0.25) is 10.00 Å². The molecule has 0 atom stereocenters. The third-order valence-electron chi connectivity index (χ3n) is 7.43. The molecule has 0 radical (unpaired) electrons. The van der Waals surface area contributed by atoms with Gasteiger partial charge >= 0.3 is 0 Å². The summed E-state index contributed by atoms with van der Waals surface area (Å²) in [5, 5.41) is 10.8. The normalized spacial score (nSPS) is 16.1. The van der Waals surface area contributed by atoms with Crippen LogP contribution in [0, 0.1) is 0 Å². The highest BCUT2D eigenvalue weighted by Gasteiger charge is 2.15. The van der Waals surface area contributed by atoms with Crippen molar-refractivity contribution in [2.45, 2.75) is 19.4 Å². The lowest BCUT2D eigenvalue weighted by Crippen LogP contribution is -2.43. The summed E-state index contributed by atoms with van der Waals surface area (Å²) in [5.74, 6) is 1.37. The van der Waals surface area contributed by atoms with E-state index in [4.69, 9.17) is 9.72 Å². The monoisotopic (exact) mass is 533 g/mol. The Bertz CT molecular complexity index is 1480. The van der Waals surface area contributed by atoms with Gasteiger partial charge in [-0.25, -0.2) is 9.97 Å². The number of ether oxygens (including phenoxy) is 1. The van der Waals surface area contributed by atoms with Crippen LogP contribution in [0.1, 0.15) is 18.4 Å². The Balaban J connectivity index is 1.13. The summed E-state index contributed by atoms with van der Waals surface area (Å²) in [7, 11) is 2.19. The van der Waals surface area contributed by atoms with Crippen molar-refractivity contribution in [1.82, 2.24) is 30.0 Å². The van der Waals surface area contributed by atoms with Gasteiger partial charge in [0, 0.05) is 55.7 Å². The first kappa shape index (κ1) is 26.0. The van der Waals surface area contributed by atoms with Crippen LogP contribution in [-0.4, -0.2) is 69.8 Å². The molecule has 3 heterocycles. The Morgan fingerprint density at radius 1 is 1.02 bits per heavy atom. The van der Waals surface area contributed by atoms with Crippen LogP contribution < -0.4 is 10.1 Å². The second kappa shape index (κ2) is 12.3. The molecule has 6 rings (SSSR count). The van der Waals surface area contributed by atoms with Gasteiger partial charge in [-0.05, 0) is 61.4 Å². The molecular weight excluding hydrogens is 498 g/mol. The van der Waals surface area contributed by atoms with Crippen molar-refractivity contribution < 1.29 is 4.74 Å². The van der Waals surface area contributed by atoms with Gasteiger partial charge < -0.3 is 15.0 Å². The van der Waals surface area contributed by atoms with Gasteiger partial charge in [0.15, 0.2) is 0 Å². The summed E-state index contributed by atoms with van der Waals surface area (Å²) in [4.78, 5) is 14.1. The Hall–Kier alpha value is -4.27. The molecule has 0 spiro atoms. The average Bonchev–Trinajstić information content (AvgIpc) is 3.50. The van der Waals surface area contributed by atoms with Gasteiger partial charge in [-0.15, -0.1) is 0 Å². The number of H-pyrrole nitrogens is 1. The summed E-state index contributed by atoms with van der Waals surface area (Å²) in [6.45, 7) is 6.05. The number of hydrogen-bond acceptors (Lipinski definition) is 7. The van der Waals surface area contributed by atoms with Gasteiger partial charge in [0.25, 0.3) is 0 Å². The van der Waals surface area contributed by atoms with Crippen LogP contribution in [0.4, 0.5) is 11.6 Å². The number of aromatic nitrogens is 4. The molecule has 1 aliphatic carbocycles. The molecule has 1 fully saturated rings. The Kier molecular flexibility index (Phi) is 7.97. The van der Waals surface area contributed by atoms with Crippen LogP contribution in [0.15, 0.2) is 90.8 Å². The summed E-state index contributed by atoms with van der Waals surface area (Å²) in [6.07, 6.45) is 12.1. The minimum absolute atomic E-state index is 0.545. The smallest absolute Gasteiger partial charge is 0.227 e. The Labute approximate surface area is 235 Å². The van der Waals surface area contributed by atoms with Crippen molar-refractivity contribution in [3.05, 3.63) is 96.4 Å². The zero-order valence-corrected chi connectivity index (χ0v) is 22.9. The standard InChI is InChI=1S/C32H35N7O/c1-38-16-18-39(19-17-38)22-24-10-12-27(13-11-24)35-32-33-15-14-30(36-32)29-21-34-37-31(29)26-8-5-9-28(20-26)40-23-25-6-3-2-4-7-25/h2-3,5-6,8-15,20-21H,4,7,16-19,22-23H2,1H3,(H,34,37)(H,33,35,36). The molecule has 0 unspecified atom stereocenters. The van der Waals surface area contributed by atoms with E-state index in [0.717, 1.165) is 79.5 Å². The highest BCUT2D eigenvalue weighted by atomic mass is 16.5. The summed E-state index contributed by atoms with van der Waals surface area (Å²) >= 11 is 0. The maximum absolute atomic E-state index is 6.09. The average molecular weight is 534 g/mol. The second-order valence-electron chi connectivity index (χ2n) is 10.4. The van der Waals surface area contributed by atoms with E-state index >= 15 is 0 Å². The lowest BCUT2D eigenvalue weighted by Gasteiger charge is -2.32. The molecule has 4 aromatic rings. The third kappa shape index (κ3) is 6.47. The number of piperazine rings is 1. The van der Waals surface area contributed by atoms with Crippen molar-refractivity contribution in [2.24, 2.45) is 0 Å². The molecule has 2 aromatic heterocycles. The van der Waals surface area contributed by atoms with Gasteiger partial charge in [0.2, 0.25) is 5.95 Å². The molecule has 0 bridgehead atoms. The second-order valence-corrected chi connectivity index (χ2v) is 10.4. The van der Waals surface area contributed by atoms with Crippen molar-refractivity contribution in [3.8, 4) is 28.3 Å². The van der Waals surface area contributed by atoms with Crippen LogP contribution in [0.5, 0.6) is 5.75 Å². The van der Waals surface area contributed by atoms with Crippen molar-refractivity contribution in [3.63, 3.8) is 0 Å². The van der Waals surface area contributed by atoms with Crippen LogP contribution in [0.25, 0.3) is 22.5 Å². The highest BCUT2D eigenvalue weighted by Crippen LogP contribution is 2.31. The van der Waals surface area contributed by atoms with E-state index in [1.165, 1.54) is 11.1 Å². The number of aromatic amines is 1. The Morgan fingerprint density at radius 2 is 1.90 bits per heavy atom. The van der Waals surface area contributed by atoms with Crippen LogP contribution in [0.2, 0.25) is 0 Å². The first-order valence-corrected chi connectivity index (χ1v) is 13.9. The number of benzene rings is 2. The minimum Gasteiger partial charge on any atom is -0.489 e. The molecule has 2 aromatic carbocycles. The molecule has 8 heteroatoms. The molecule has 1 aliphatic heterocycles. The van der Waals surface area contributed by atoms with Gasteiger partial charge in [-0.2, -0.15) is 5.10 Å². The minimum atomic E-state index is 0.545. The number of nitrogens with one attached hydrogen (secondary N) is 2. The lowest BCUT2D eigenvalue weighted by atomic mass is 10.1. The molecule has 204 valence electrons. The van der Waals surface area contributed by atoms with Gasteiger partial charge in [-0.1, -0.05) is 42.5 Å². The quantitative estimate of drug-likeness (QED) is 0.286. The van der Waals surface area contributed by atoms with Crippen LogP contribution in [0.3, 0.4) is 0 Å². The maximum Gasteiger partial charge on any atom is 0.227 e. The van der Waals surface area contributed by atoms with Crippen molar-refractivity contribution in [2.75, 3.05) is 45.2 Å². The number of nitrogens with zero attached hydrogens (tertiary/aromatic N) is 5. The zero-order valence-electron chi connectivity index (χ0n) is 22.9. The zero-order chi connectivity index (χ0) is 27.1. The largest absolute Gasteiger partial charge is 0.489 e. The van der Waals surface area contributed by atoms with Crippen LogP contribution >= 0.6 is 0 Å². The van der Waals surface area contributed by atoms with E-state index in [9.17, 15) is 0 Å². The predicted octanol–water partition coefficient (Wildman–Crippen LogP) is 5.68. The molecule has 40 heavy (non-hydrogen) atoms. The lowest BCUT2D eigenvalue weighted by molar-refractivity contribution is 0.148. The third-order valence-corrected chi connectivity index (χ3v) is 7.43. The number of hydrogen-bond donors (Lipinski definition) is 2. The molecule has 2 aliphatic rings. The molecule has 0 amide bonds. The molecule has 2 N–H and O–H groups in total. The van der Waals surface area contributed by atoms with E-state index in [1.54, 1.807) is 12.4 Å². The highest BCUT2D eigenvalue weighted by molar-refractivity contribution is 5.79. The first-order valence-electron chi connectivity index (χ1n) is 13.9. The summed E-state index contributed by atoms with van der Waals surface area (Å²) in [6, 6.07) is 18.5. The molecule has 1 saturated heterocycles. The number of allylic oxidation sites excluding steroid dienone is 3. The summed E-state index contributed by atoms with van der Waals surface area (Å²) in [5.41, 5.74) is 7.16. The molecule has 0 saturated carbocycles. The Morgan fingerprint density at radius 3 is 2.73 bits per heavy atom. The van der Waals surface area contributed by atoms with Gasteiger partial charge in [0.1, 0.15) is 12.4 Å². The van der Waals surface area contributed by atoms with Gasteiger partial charge in [0.05, 0.1) is 17.6 Å².